The first-order valence-corrected chi connectivity index (χ1v) is 6.00. The fourth-order valence-corrected chi connectivity index (χ4v) is 2.69. The van der Waals surface area contributed by atoms with Crippen molar-refractivity contribution in [2.75, 3.05) is 0 Å². The van der Waals surface area contributed by atoms with E-state index in [2.05, 4.69) is 13.7 Å². The van der Waals surface area contributed by atoms with Crippen LogP contribution < -0.4 is 0 Å². The average molecular weight is 241 g/mol. The molecule has 4 nitrogen and oxygen atoms in total. The summed E-state index contributed by atoms with van der Waals surface area (Å²) in [6.45, 7) is 0. The third-order valence-corrected chi connectivity index (χ3v) is 3.56. The normalized spacial score (nSPS) is 15.3. The van der Waals surface area contributed by atoms with E-state index in [0.717, 1.165) is 30.4 Å². The molecule has 1 aliphatic carbocycles. The maximum absolute atomic E-state index is 5.96. The van der Waals surface area contributed by atoms with Gasteiger partial charge in [0.1, 0.15) is 6.33 Å². The lowest BCUT2D eigenvalue weighted by Gasteiger charge is -2.12. The molecule has 15 heavy (non-hydrogen) atoms. The van der Waals surface area contributed by atoms with E-state index in [1.807, 2.05) is 4.57 Å². The van der Waals surface area contributed by atoms with E-state index in [1.165, 1.54) is 24.2 Å². The molecule has 0 amide bonds. The molecule has 0 atom stereocenters. The molecule has 0 radical (unpaired) electrons. The van der Waals surface area contributed by atoms with Gasteiger partial charge in [-0.2, -0.15) is 8.75 Å². The maximum atomic E-state index is 5.96. The van der Waals surface area contributed by atoms with Gasteiger partial charge in [-0.3, -0.25) is 4.57 Å². The van der Waals surface area contributed by atoms with Gasteiger partial charge in [0.25, 0.3) is 0 Å². The molecule has 3 rings (SSSR count). The van der Waals surface area contributed by atoms with Crippen LogP contribution in [-0.4, -0.2) is 18.3 Å². The van der Waals surface area contributed by atoms with Crippen molar-refractivity contribution in [3.05, 3.63) is 22.9 Å². The highest BCUT2D eigenvalue weighted by atomic mass is 35.5. The van der Waals surface area contributed by atoms with Crippen molar-refractivity contribution in [3.63, 3.8) is 0 Å². The molecule has 0 bridgehead atoms. The first-order chi connectivity index (χ1) is 7.36. The first kappa shape index (κ1) is 9.30. The van der Waals surface area contributed by atoms with Gasteiger partial charge in [-0.1, -0.05) is 11.6 Å². The summed E-state index contributed by atoms with van der Waals surface area (Å²) in [4.78, 5) is 4.39. The van der Waals surface area contributed by atoms with Crippen LogP contribution in [0.1, 0.15) is 24.2 Å². The molecule has 6 heteroatoms. The molecule has 0 saturated carbocycles. The topological polar surface area (TPSA) is 43.6 Å². The van der Waals surface area contributed by atoms with Crippen molar-refractivity contribution in [3.8, 4) is 5.82 Å². The zero-order valence-electron chi connectivity index (χ0n) is 7.98. The first-order valence-electron chi connectivity index (χ1n) is 4.90. The molecule has 0 fully saturated rings. The van der Waals surface area contributed by atoms with Gasteiger partial charge in [-0.25, -0.2) is 4.98 Å². The Morgan fingerprint density at radius 1 is 1.27 bits per heavy atom. The molecule has 2 heterocycles. The van der Waals surface area contributed by atoms with Crippen molar-refractivity contribution in [2.45, 2.75) is 25.7 Å². The molecule has 0 aliphatic heterocycles. The molecule has 0 aromatic carbocycles. The summed E-state index contributed by atoms with van der Waals surface area (Å²) in [5.41, 5.74) is 2.43. The SMILES string of the molecule is Clc1nsnc1-n1cnc2c1CCCC2. The van der Waals surface area contributed by atoms with Crippen LogP contribution in [0.3, 0.4) is 0 Å². The minimum Gasteiger partial charge on any atom is -0.284 e. The van der Waals surface area contributed by atoms with Crippen LogP contribution in [-0.2, 0) is 12.8 Å². The molecule has 0 spiro atoms. The van der Waals surface area contributed by atoms with Crippen LogP contribution in [0.4, 0.5) is 0 Å². The number of rotatable bonds is 1. The third kappa shape index (κ3) is 1.46. The van der Waals surface area contributed by atoms with E-state index < -0.39 is 0 Å². The number of aryl methyl sites for hydroxylation is 1. The lowest BCUT2D eigenvalue weighted by Crippen LogP contribution is -2.07. The number of hydrogen-bond donors (Lipinski definition) is 0. The van der Waals surface area contributed by atoms with Crippen molar-refractivity contribution in [1.82, 2.24) is 18.3 Å². The van der Waals surface area contributed by atoms with Crippen LogP contribution in [0.2, 0.25) is 5.15 Å². The minimum atomic E-state index is 0.464. The van der Waals surface area contributed by atoms with Gasteiger partial charge in [-0.15, -0.1) is 0 Å². The molecule has 78 valence electrons. The summed E-state index contributed by atoms with van der Waals surface area (Å²) in [6, 6.07) is 0. The summed E-state index contributed by atoms with van der Waals surface area (Å²) in [6.07, 6.45) is 6.38. The van der Waals surface area contributed by atoms with E-state index in [4.69, 9.17) is 11.6 Å². The van der Waals surface area contributed by atoms with Gasteiger partial charge >= 0.3 is 0 Å². The molecule has 2 aromatic heterocycles. The van der Waals surface area contributed by atoms with E-state index in [-0.39, 0.29) is 0 Å². The maximum Gasteiger partial charge on any atom is 0.191 e. The summed E-state index contributed by atoms with van der Waals surface area (Å²) in [5.74, 6) is 0.720. The summed E-state index contributed by atoms with van der Waals surface area (Å²) in [7, 11) is 0. The van der Waals surface area contributed by atoms with Crippen molar-refractivity contribution in [1.29, 1.82) is 0 Å². The fourth-order valence-electron chi connectivity index (χ4n) is 1.97. The Morgan fingerprint density at radius 2 is 2.13 bits per heavy atom. The minimum absolute atomic E-state index is 0.464. The second-order valence-electron chi connectivity index (χ2n) is 3.59. The van der Waals surface area contributed by atoms with E-state index in [0.29, 0.717) is 5.15 Å². The number of aromatic nitrogens is 4. The standard InChI is InChI=1S/C9H9ClN4S/c10-8-9(13-15-12-8)14-5-11-6-3-1-2-4-7(6)14/h5H,1-4H2. The zero-order valence-corrected chi connectivity index (χ0v) is 9.55. The van der Waals surface area contributed by atoms with Gasteiger partial charge in [-0.05, 0) is 25.7 Å². The Labute approximate surface area is 96.2 Å². The fraction of sp³-hybridized carbons (Fsp3) is 0.444. The largest absolute Gasteiger partial charge is 0.284 e. The van der Waals surface area contributed by atoms with Gasteiger partial charge in [0, 0.05) is 5.69 Å². The molecular weight excluding hydrogens is 232 g/mol. The highest BCUT2D eigenvalue weighted by molar-refractivity contribution is 6.99. The van der Waals surface area contributed by atoms with Crippen LogP contribution in [0, 0.1) is 0 Å². The third-order valence-electron chi connectivity index (χ3n) is 2.69. The molecule has 0 N–H and O–H groups in total. The van der Waals surface area contributed by atoms with E-state index >= 15 is 0 Å². The molecular formula is C9H9ClN4S. The molecule has 0 saturated heterocycles. The number of halogens is 1. The quantitative estimate of drug-likeness (QED) is 0.768. The zero-order chi connectivity index (χ0) is 10.3. The Hall–Kier alpha value is -0.940. The van der Waals surface area contributed by atoms with Gasteiger partial charge in [0.2, 0.25) is 0 Å². The predicted octanol–water partition coefficient (Wildman–Crippen LogP) is 2.26. The summed E-state index contributed by atoms with van der Waals surface area (Å²) in [5, 5.41) is 0.464. The Bertz CT molecular complexity index is 490. The predicted molar refractivity (Wildman–Crippen MR) is 58.7 cm³/mol. The smallest absolute Gasteiger partial charge is 0.191 e. The summed E-state index contributed by atoms with van der Waals surface area (Å²) >= 11 is 7.10. The Morgan fingerprint density at radius 3 is 2.93 bits per heavy atom. The van der Waals surface area contributed by atoms with Gasteiger partial charge in [0.15, 0.2) is 11.0 Å². The summed E-state index contributed by atoms with van der Waals surface area (Å²) < 4.78 is 10.1. The number of nitrogens with zero attached hydrogens (tertiary/aromatic N) is 4. The number of fused-ring (bicyclic) bond motifs is 1. The van der Waals surface area contributed by atoms with Crippen LogP contribution >= 0.6 is 23.3 Å². The van der Waals surface area contributed by atoms with Crippen LogP contribution in [0.25, 0.3) is 5.82 Å². The number of imidazole rings is 1. The monoisotopic (exact) mass is 240 g/mol. The lowest BCUT2D eigenvalue weighted by atomic mass is 10.0. The molecule has 0 unspecified atom stereocenters. The van der Waals surface area contributed by atoms with Crippen LogP contribution in [0.15, 0.2) is 6.33 Å². The molecule has 1 aliphatic rings. The molecule has 2 aromatic rings. The highest BCUT2D eigenvalue weighted by Gasteiger charge is 2.18. The van der Waals surface area contributed by atoms with Crippen molar-refractivity contribution >= 4 is 23.3 Å². The van der Waals surface area contributed by atoms with Gasteiger partial charge < -0.3 is 0 Å². The number of hydrogen-bond acceptors (Lipinski definition) is 4. The lowest BCUT2D eigenvalue weighted by molar-refractivity contribution is 0.655. The van der Waals surface area contributed by atoms with Crippen molar-refractivity contribution < 1.29 is 0 Å². The van der Waals surface area contributed by atoms with Crippen molar-refractivity contribution in [2.24, 2.45) is 0 Å². The Kier molecular flexibility index (Phi) is 2.21. The highest BCUT2D eigenvalue weighted by Crippen LogP contribution is 2.25. The average Bonchev–Trinajstić information content (AvgIpc) is 2.83. The second kappa shape index (κ2) is 3.57. The van der Waals surface area contributed by atoms with E-state index in [9.17, 15) is 0 Å². The Balaban J connectivity index is 2.13. The van der Waals surface area contributed by atoms with E-state index in [1.54, 1.807) is 6.33 Å². The van der Waals surface area contributed by atoms with Gasteiger partial charge in [0.05, 0.1) is 17.4 Å². The van der Waals surface area contributed by atoms with Crippen LogP contribution in [0.5, 0.6) is 0 Å². The second-order valence-corrected chi connectivity index (χ2v) is 4.48.